The Labute approximate surface area is 136 Å². The molecule has 3 heteroatoms. The number of benzene rings is 2. The third-order valence-corrected chi connectivity index (χ3v) is 4.21. The Morgan fingerprint density at radius 1 is 1.00 bits per heavy atom. The zero-order valence-corrected chi connectivity index (χ0v) is 14.1. The maximum atomic E-state index is 12.7. The number of fused-ring (bicyclic) bond motifs is 1. The molecular weight excluding hydrogens is 284 g/mol. The third kappa shape index (κ3) is 3.04. The zero-order chi connectivity index (χ0) is 16.6. The molecular formula is C20H22N2O. The Bertz CT molecular complexity index is 900. The van der Waals surface area contributed by atoms with E-state index in [2.05, 4.69) is 50.0 Å². The standard InChI is InChI=1S/C20H22N2O/c1-14-21-18-8-6-5-7-17(18)19(23)22(14)13-15-9-11-16(12-10-15)20(2,3)4/h5-12H,13H2,1-4H3. The molecule has 3 nitrogen and oxygen atoms in total. The van der Waals surface area contributed by atoms with E-state index in [0.717, 1.165) is 16.9 Å². The van der Waals surface area contributed by atoms with Gasteiger partial charge in [0, 0.05) is 0 Å². The van der Waals surface area contributed by atoms with Crippen LogP contribution >= 0.6 is 0 Å². The van der Waals surface area contributed by atoms with E-state index >= 15 is 0 Å². The Kier molecular flexibility index (Phi) is 3.80. The van der Waals surface area contributed by atoms with Crippen molar-refractivity contribution in [2.45, 2.75) is 39.7 Å². The van der Waals surface area contributed by atoms with E-state index in [1.165, 1.54) is 5.56 Å². The topological polar surface area (TPSA) is 34.9 Å². The first-order valence-electron chi connectivity index (χ1n) is 7.92. The van der Waals surface area contributed by atoms with E-state index in [4.69, 9.17) is 0 Å². The number of hydrogen-bond acceptors (Lipinski definition) is 2. The zero-order valence-electron chi connectivity index (χ0n) is 14.1. The van der Waals surface area contributed by atoms with E-state index in [1.54, 1.807) is 4.57 Å². The Hall–Kier alpha value is -2.42. The predicted molar refractivity (Wildman–Crippen MR) is 95.0 cm³/mol. The van der Waals surface area contributed by atoms with Crippen LogP contribution in [0.15, 0.2) is 53.3 Å². The van der Waals surface area contributed by atoms with E-state index in [0.29, 0.717) is 11.9 Å². The lowest BCUT2D eigenvalue weighted by Crippen LogP contribution is -2.24. The molecule has 0 unspecified atom stereocenters. The second kappa shape index (κ2) is 5.65. The van der Waals surface area contributed by atoms with Crippen LogP contribution in [0.1, 0.15) is 37.7 Å². The Balaban J connectivity index is 2.00. The van der Waals surface area contributed by atoms with Crippen molar-refractivity contribution in [2.75, 3.05) is 0 Å². The van der Waals surface area contributed by atoms with Crippen LogP contribution in [0.4, 0.5) is 0 Å². The van der Waals surface area contributed by atoms with E-state index in [1.807, 2.05) is 31.2 Å². The number of aromatic nitrogens is 2. The highest BCUT2D eigenvalue weighted by molar-refractivity contribution is 5.77. The summed E-state index contributed by atoms with van der Waals surface area (Å²) in [4.78, 5) is 17.3. The molecule has 118 valence electrons. The molecule has 3 rings (SSSR count). The third-order valence-electron chi connectivity index (χ3n) is 4.21. The average Bonchev–Trinajstić information content (AvgIpc) is 2.51. The van der Waals surface area contributed by atoms with Gasteiger partial charge in [-0.2, -0.15) is 0 Å². The lowest BCUT2D eigenvalue weighted by molar-refractivity contribution is 0.589. The summed E-state index contributed by atoms with van der Waals surface area (Å²) in [6.07, 6.45) is 0. The van der Waals surface area contributed by atoms with Gasteiger partial charge in [0.1, 0.15) is 5.82 Å². The van der Waals surface area contributed by atoms with Gasteiger partial charge in [-0.3, -0.25) is 9.36 Å². The maximum absolute atomic E-state index is 12.7. The van der Waals surface area contributed by atoms with Gasteiger partial charge in [-0.05, 0) is 35.6 Å². The lowest BCUT2D eigenvalue weighted by Gasteiger charge is -2.19. The first-order chi connectivity index (χ1) is 10.9. The van der Waals surface area contributed by atoms with Gasteiger partial charge >= 0.3 is 0 Å². The maximum Gasteiger partial charge on any atom is 0.261 e. The van der Waals surface area contributed by atoms with Gasteiger partial charge in [-0.25, -0.2) is 4.98 Å². The van der Waals surface area contributed by atoms with Gasteiger partial charge in [0.2, 0.25) is 0 Å². The van der Waals surface area contributed by atoms with Crippen LogP contribution in [0.2, 0.25) is 0 Å². The van der Waals surface area contributed by atoms with Crippen LogP contribution in [0, 0.1) is 6.92 Å². The molecule has 0 fully saturated rings. The summed E-state index contributed by atoms with van der Waals surface area (Å²) in [5.74, 6) is 0.744. The largest absolute Gasteiger partial charge is 0.292 e. The minimum Gasteiger partial charge on any atom is -0.292 e. The molecule has 1 heterocycles. The molecule has 0 spiro atoms. The van der Waals surface area contributed by atoms with E-state index in [9.17, 15) is 4.79 Å². The van der Waals surface area contributed by atoms with Crippen molar-refractivity contribution in [3.05, 3.63) is 75.8 Å². The van der Waals surface area contributed by atoms with Gasteiger partial charge in [0.05, 0.1) is 17.4 Å². The fourth-order valence-electron chi connectivity index (χ4n) is 2.76. The van der Waals surface area contributed by atoms with Crippen molar-refractivity contribution in [1.82, 2.24) is 9.55 Å². The van der Waals surface area contributed by atoms with Crippen LogP contribution in [0.5, 0.6) is 0 Å². The highest BCUT2D eigenvalue weighted by Crippen LogP contribution is 2.22. The number of para-hydroxylation sites is 1. The van der Waals surface area contributed by atoms with Crippen molar-refractivity contribution < 1.29 is 0 Å². The molecule has 23 heavy (non-hydrogen) atoms. The second-order valence-corrected chi connectivity index (χ2v) is 7.01. The fourth-order valence-corrected chi connectivity index (χ4v) is 2.76. The molecule has 0 radical (unpaired) electrons. The second-order valence-electron chi connectivity index (χ2n) is 7.01. The summed E-state index contributed by atoms with van der Waals surface area (Å²) < 4.78 is 1.74. The van der Waals surface area contributed by atoms with Crippen molar-refractivity contribution in [3.63, 3.8) is 0 Å². The van der Waals surface area contributed by atoms with Crippen LogP contribution in [-0.2, 0) is 12.0 Å². The van der Waals surface area contributed by atoms with Crippen molar-refractivity contribution >= 4 is 10.9 Å². The molecule has 0 amide bonds. The van der Waals surface area contributed by atoms with Gasteiger partial charge in [-0.1, -0.05) is 57.2 Å². The molecule has 2 aromatic carbocycles. The lowest BCUT2D eigenvalue weighted by atomic mass is 9.87. The number of aryl methyl sites for hydroxylation is 1. The molecule has 0 bridgehead atoms. The van der Waals surface area contributed by atoms with Crippen LogP contribution < -0.4 is 5.56 Å². The monoisotopic (exact) mass is 306 g/mol. The minimum absolute atomic E-state index is 0.0213. The van der Waals surface area contributed by atoms with Crippen LogP contribution in [-0.4, -0.2) is 9.55 Å². The normalized spacial score (nSPS) is 11.8. The first kappa shape index (κ1) is 15.5. The summed E-state index contributed by atoms with van der Waals surface area (Å²) in [5, 5.41) is 0.671. The van der Waals surface area contributed by atoms with Gasteiger partial charge in [-0.15, -0.1) is 0 Å². The smallest absolute Gasteiger partial charge is 0.261 e. The van der Waals surface area contributed by atoms with Gasteiger partial charge in [0.25, 0.3) is 5.56 Å². The summed E-state index contributed by atoms with van der Waals surface area (Å²) >= 11 is 0. The molecule has 0 atom stereocenters. The predicted octanol–water partition coefficient (Wildman–Crippen LogP) is 4.05. The highest BCUT2D eigenvalue weighted by atomic mass is 16.1. The minimum atomic E-state index is 0.0213. The molecule has 0 aliphatic rings. The van der Waals surface area contributed by atoms with Gasteiger partial charge in [0.15, 0.2) is 0 Å². The van der Waals surface area contributed by atoms with Crippen molar-refractivity contribution in [3.8, 4) is 0 Å². The van der Waals surface area contributed by atoms with Crippen molar-refractivity contribution in [2.24, 2.45) is 0 Å². The summed E-state index contributed by atoms with van der Waals surface area (Å²) in [6, 6.07) is 16.0. The Morgan fingerprint density at radius 2 is 1.65 bits per heavy atom. The highest BCUT2D eigenvalue weighted by Gasteiger charge is 2.13. The first-order valence-corrected chi connectivity index (χ1v) is 7.92. The molecule has 0 saturated heterocycles. The van der Waals surface area contributed by atoms with Gasteiger partial charge < -0.3 is 0 Å². The Morgan fingerprint density at radius 3 is 2.30 bits per heavy atom. The summed E-state index contributed by atoms with van der Waals surface area (Å²) in [7, 11) is 0. The average molecular weight is 306 g/mol. The van der Waals surface area contributed by atoms with Crippen molar-refractivity contribution in [1.29, 1.82) is 0 Å². The van der Waals surface area contributed by atoms with Crippen LogP contribution in [0.3, 0.4) is 0 Å². The molecule has 0 saturated carbocycles. The van der Waals surface area contributed by atoms with E-state index < -0.39 is 0 Å². The quantitative estimate of drug-likeness (QED) is 0.716. The van der Waals surface area contributed by atoms with E-state index in [-0.39, 0.29) is 11.0 Å². The number of hydrogen-bond donors (Lipinski definition) is 0. The molecule has 3 aromatic rings. The number of rotatable bonds is 2. The summed E-state index contributed by atoms with van der Waals surface area (Å²) in [5.41, 5.74) is 3.32. The fraction of sp³-hybridized carbons (Fsp3) is 0.300. The SMILES string of the molecule is Cc1nc2ccccc2c(=O)n1Cc1ccc(C(C)(C)C)cc1. The molecule has 0 aliphatic heterocycles. The molecule has 0 aliphatic carbocycles. The molecule has 0 N–H and O–H groups in total. The number of nitrogens with zero attached hydrogens (tertiary/aromatic N) is 2. The molecule has 1 aromatic heterocycles. The van der Waals surface area contributed by atoms with Crippen LogP contribution in [0.25, 0.3) is 10.9 Å². The summed E-state index contributed by atoms with van der Waals surface area (Å²) in [6.45, 7) is 9.03.